The molecule has 102 valence electrons. The van der Waals surface area contributed by atoms with E-state index in [1.807, 2.05) is 6.08 Å². The number of ether oxygens (including phenoxy) is 1. The van der Waals surface area contributed by atoms with Crippen LogP contribution < -0.4 is 10.6 Å². The molecule has 0 saturated heterocycles. The van der Waals surface area contributed by atoms with Gasteiger partial charge in [-0.15, -0.1) is 0 Å². The molecule has 1 rings (SSSR count). The Labute approximate surface area is 108 Å². The molecule has 5 heteroatoms. The van der Waals surface area contributed by atoms with Crippen molar-refractivity contribution < 1.29 is 14.3 Å². The maximum atomic E-state index is 11.5. The van der Waals surface area contributed by atoms with Crippen LogP contribution in [0.4, 0.5) is 4.79 Å². The van der Waals surface area contributed by atoms with Crippen molar-refractivity contribution >= 4 is 12.0 Å². The summed E-state index contributed by atoms with van der Waals surface area (Å²) in [4.78, 5) is 22.8. The molecule has 1 atom stereocenters. The third kappa shape index (κ3) is 4.77. The highest BCUT2D eigenvalue weighted by Gasteiger charge is 2.20. The number of esters is 1. The molecule has 0 aromatic carbocycles. The average molecular weight is 254 g/mol. The molecule has 0 fully saturated rings. The van der Waals surface area contributed by atoms with E-state index in [1.54, 1.807) is 0 Å². The number of hydrogen-bond donors (Lipinski definition) is 2. The van der Waals surface area contributed by atoms with Gasteiger partial charge in [0, 0.05) is 18.2 Å². The second-order valence-corrected chi connectivity index (χ2v) is 4.45. The van der Waals surface area contributed by atoms with Crippen LogP contribution in [0, 0.1) is 0 Å². The van der Waals surface area contributed by atoms with Crippen LogP contribution in [0.15, 0.2) is 11.6 Å². The normalized spacial score (nSPS) is 18.8. The highest BCUT2D eigenvalue weighted by Crippen LogP contribution is 2.19. The van der Waals surface area contributed by atoms with E-state index in [9.17, 15) is 9.59 Å². The smallest absolute Gasteiger partial charge is 0.333 e. The summed E-state index contributed by atoms with van der Waals surface area (Å²) in [5, 5.41) is 5.72. The lowest BCUT2D eigenvalue weighted by molar-refractivity contribution is -0.136. The molecule has 0 aliphatic heterocycles. The molecular weight excluding hydrogens is 232 g/mol. The zero-order chi connectivity index (χ0) is 13.4. The van der Waals surface area contributed by atoms with Gasteiger partial charge >= 0.3 is 12.0 Å². The van der Waals surface area contributed by atoms with Crippen LogP contribution >= 0.6 is 0 Å². The van der Waals surface area contributed by atoms with E-state index < -0.39 is 0 Å². The van der Waals surface area contributed by atoms with Crippen molar-refractivity contribution in [1.29, 1.82) is 0 Å². The first-order valence-corrected chi connectivity index (χ1v) is 6.49. The van der Waals surface area contributed by atoms with E-state index in [0.717, 1.165) is 19.3 Å². The highest BCUT2D eigenvalue weighted by atomic mass is 16.5. The van der Waals surface area contributed by atoms with Gasteiger partial charge in [-0.2, -0.15) is 0 Å². The topological polar surface area (TPSA) is 67.4 Å². The van der Waals surface area contributed by atoms with Crippen molar-refractivity contribution in [2.24, 2.45) is 0 Å². The minimum atomic E-state index is -0.263. The number of unbranched alkanes of at least 4 members (excludes halogenated alkanes) is 1. The zero-order valence-corrected chi connectivity index (χ0v) is 11.1. The molecular formula is C13H22N2O3. The maximum Gasteiger partial charge on any atom is 0.333 e. The van der Waals surface area contributed by atoms with Gasteiger partial charge in [-0.05, 0) is 25.7 Å². The van der Waals surface area contributed by atoms with Gasteiger partial charge < -0.3 is 15.4 Å². The van der Waals surface area contributed by atoms with E-state index in [2.05, 4.69) is 22.3 Å². The largest absolute Gasteiger partial charge is 0.466 e. The molecule has 1 aliphatic carbocycles. The summed E-state index contributed by atoms with van der Waals surface area (Å²) in [5.74, 6) is -0.263. The molecule has 18 heavy (non-hydrogen) atoms. The summed E-state index contributed by atoms with van der Waals surface area (Å²) < 4.78 is 4.66. The molecule has 0 heterocycles. The predicted octanol–water partition coefficient (Wildman–Crippen LogP) is 1.74. The Morgan fingerprint density at radius 3 is 2.83 bits per heavy atom. The van der Waals surface area contributed by atoms with E-state index in [-0.39, 0.29) is 18.0 Å². The first-order chi connectivity index (χ1) is 8.67. The predicted molar refractivity (Wildman–Crippen MR) is 69.2 cm³/mol. The lowest BCUT2D eigenvalue weighted by Gasteiger charge is -2.22. The van der Waals surface area contributed by atoms with Crippen LogP contribution in [0.3, 0.4) is 0 Å². The molecule has 2 amide bonds. The fourth-order valence-corrected chi connectivity index (χ4v) is 1.90. The molecule has 0 radical (unpaired) electrons. The lowest BCUT2D eigenvalue weighted by atomic mass is 9.95. The number of amides is 2. The van der Waals surface area contributed by atoms with Gasteiger partial charge in [0.25, 0.3) is 0 Å². The van der Waals surface area contributed by atoms with Crippen molar-refractivity contribution in [3.05, 3.63) is 11.6 Å². The van der Waals surface area contributed by atoms with Crippen molar-refractivity contribution in [3.63, 3.8) is 0 Å². The second-order valence-electron chi connectivity index (χ2n) is 4.45. The Bertz CT molecular complexity index is 326. The summed E-state index contributed by atoms with van der Waals surface area (Å²) in [7, 11) is 1.38. The Morgan fingerprint density at radius 2 is 2.28 bits per heavy atom. The third-order valence-corrected chi connectivity index (χ3v) is 3.01. The standard InChI is InChI=1S/C13H22N2O3/c1-3-4-9-14-13(17)15-11-7-5-10(6-8-11)12(16)18-2/h5,11H,3-4,6-9H2,1-2H3,(H2,14,15,17). The summed E-state index contributed by atoms with van der Waals surface area (Å²) in [6.45, 7) is 2.79. The minimum Gasteiger partial charge on any atom is -0.466 e. The number of methoxy groups -OCH3 is 1. The fraction of sp³-hybridized carbons (Fsp3) is 0.692. The summed E-state index contributed by atoms with van der Waals surface area (Å²) in [5.41, 5.74) is 0.710. The molecule has 2 N–H and O–H groups in total. The molecule has 0 saturated carbocycles. The summed E-state index contributed by atoms with van der Waals surface area (Å²) in [6, 6.07) is -0.0107. The van der Waals surface area contributed by atoms with Gasteiger partial charge in [0.05, 0.1) is 7.11 Å². The summed E-state index contributed by atoms with van der Waals surface area (Å²) >= 11 is 0. The number of hydrogen-bond acceptors (Lipinski definition) is 3. The molecule has 0 aromatic rings. The zero-order valence-electron chi connectivity index (χ0n) is 11.1. The monoisotopic (exact) mass is 254 g/mol. The van der Waals surface area contributed by atoms with Crippen molar-refractivity contribution in [2.75, 3.05) is 13.7 Å². The SMILES string of the molecule is CCCCNC(=O)NC1CC=C(C(=O)OC)CC1. The van der Waals surface area contributed by atoms with Gasteiger partial charge in [0.2, 0.25) is 0 Å². The quantitative estimate of drug-likeness (QED) is 0.580. The third-order valence-electron chi connectivity index (χ3n) is 3.01. The average Bonchev–Trinajstić information content (AvgIpc) is 2.39. The van der Waals surface area contributed by atoms with Crippen LogP contribution in [0.2, 0.25) is 0 Å². The van der Waals surface area contributed by atoms with Crippen molar-refractivity contribution in [3.8, 4) is 0 Å². The van der Waals surface area contributed by atoms with E-state index in [0.29, 0.717) is 25.0 Å². The van der Waals surface area contributed by atoms with Crippen LogP contribution in [-0.2, 0) is 9.53 Å². The van der Waals surface area contributed by atoms with Crippen molar-refractivity contribution in [1.82, 2.24) is 10.6 Å². The molecule has 1 unspecified atom stereocenters. The van der Waals surface area contributed by atoms with Crippen LogP contribution in [0.5, 0.6) is 0 Å². The number of rotatable bonds is 5. The van der Waals surface area contributed by atoms with Gasteiger partial charge in [0.1, 0.15) is 0 Å². The number of urea groups is 1. The minimum absolute atomic E-state index is 0.111. The molecule has 0 spiro atoms. The molecule has 0 aromatic heterocycles. The van der Waals surface area contributed by atoms with Gasteiger partial charge in [0.15, 0.2) is 0 Å². The fourth-order valence-electron chi connectivity index (χ4n) is 1.90. The van der Waals surface area contributed by atoms with Crippen LogP contribution in [0.25, 0.3) is 0 Å². The highest BCUT2D eigenvalue weighted by molar-refractivity contribution is 5.88. The Morgan fingerprint density at radius 1 is 1.50 bits per heavy atom. The molecule has 1 aliphatic rings. The van der Waals surface area contributed by atoms with Crippen LogP contribution in [-0.4, -0.2) is 31.7 Å². The lowest BCUT2D eigenvalue weighted by Crippen LogP contribution is -2.43. The maximum absolute atomic E-state index is 11.5. The van der Waals surface area contributed by atoms with E-state index in [4.69, 9.17) is 0 Å². The van der Waals surface area contributed by atoms with Crippen molar-refractivity contribution in [2.45, 2.75) is 45.1 Å². The van der Waals surface area contributed by atoms with E-state index >= 15 is 0 Å². The Kier molecular flexibility index (Phi) is 6.25. The second kappa shape index (κ2) is 7.74. The molecule has 0 bridgehead atoms. The van der Waals surface area contributed by atoms with Gasteiger partial charge in [-0.25, -0.2) is 9.59 Å². The van der Waals surface area contributed by atoms with Crippen LogP contribution in [0.1, 0.15) is 39.0 Å². The number of carbonyl (C=O) groups is 2. The molecule has 5 nitrogen and oxygen atoms in total. The van der Waals surface area contributed by atoms with Gasteiger partial charge in [-0.1, -0.05) is 19.4 Å². The number of carbonyl (C=O) groups excluding carboxylic acids is 2. The number of nitrogens with one attached hydrogen (secondary N) is 2. The summed E-state index contributed by atoms with van der Waals surface area (Å²) in [6.07, 6.45) is 6.03. The first-order valence-electron chi connectivity index (χ1n) is 6.49. The van der Waals surface area contributed by atoms with Gasteiger partial charge in [-0.3, -0.25) is 0 Å². The van der Waals surface area contributed by atoms with E-state index in [1.165, 1.54) is 7.11 Å². The Balaban J connectivity index is 2.28. The Hall–Kier alpha value is -1.52. The first kappa shape index (κ1) is 14.5.